The molecule has 0 spiro atoms. The molecule has 0 amide bonds. The number of nitro groups is 1. The molecule has 31 heavy (non-hydrogen) atoms. The summed E-state index contributed by atoms with van der Waals surface area (Å²) in [4.78, 5) is 21.7. The molecule has 0 aliphatic rings. The number of allylic oxidation sites excluding steroid dienone is 2. The zero-order valence-electron chi connectivity index (χ0n) is 19.1. The van der Waals surface area contributed by atoms with Crippen molar-refractivity contribution < 1.29 is 19.2 Å². The summed E-state index contributed by atoms with van der Waals surface area (Å²) in [6, 6.07) is 5.33. The van der Waals surface area contributed by atoms with E-state index in [0.717, 1.165) is 19.3 Å². The van der Waals surface area contributed by atoms with Gasteiger partial charge in [0.25, 0.3) is 5.69 Å². The van der Waals surface area contributed by atoms with E-state index in [9.17, 15) is 14.9 Å². The Hall–Kier alpha value is -2.37. The van der Waals surface area contributed by atoms with E-state index in [1.807, 2.05) is 0 Å². The first-order valence-electron chi connectivity index (χ1n) is 11.9. The predicted octanol–water partition coefficient (Wildman–Crippen LogP) is 8.15. The van der Waals surface area contributed by atoms with Gasteiger partial charge in [0.15, 0.2) is 0 Å². The van der Waals surface area contributed by atoms with Crippen LogP contribution in [0.5, 0.6) is 5.75 Å². The second kappa shape index (κ2) is 18.4. The number of carbonyl (C=O) groups is 1. The van der Waals surface area contributed by atoms with E-state index in [1.54, 1.807) is 0 Å². The van der Waals surface area contributed by atoms with Crippen molar-refractivity contribution in [3.05, 3.63) is 46.5 Å². The lowest BCUT2D eigenvalue weighted by Crippen LogP contribution is -2.11. The minimum absolute atomic E-state index is 0.0510. The van der Waals surface area contributed by atoms with Gasteiger partial charge in [-0.3, -0.25) is 10.1 Å². The lowest BCUT2D eigenvalue weighted by Gasteiger charge is -2.06. The second-order valence-electron chi connectivity index (χ2n) is 7.89. The van der Waals surface area contributed by atoms with Gasteiger partial charge in [-0.1, -0.05) is 76.9 Å². The molecule has 1 rings (SSSR count). The Morgan fingerprint density at radius 3 is 1.90 bits per heavy atom. The highest BCUT2D eigenvalue weighted by atomic mass is 16.7. The maximum absolute atomic E-state index is 11.6. The van der Waals surface area contributed by atoms with Crippen LogP contribution >= 0.6 is 0 Å². The average Bonchev–Trinajstić information content (AvgIpc) is 2.76. The van der Waals surface area contributed by atoms with Crippen molar-refractivity contribution in [3.8, 4) is 5.75 Å². The van der Waals surface area contributed by atoms with Gasteiger partial charge in [-0.15, -0.1) is 0 Å². The van der Waals surface area contributed by atoms with Crippen molar-refractivity contribution in [1.29, 1.82) is 0 Å². The fraction of sp³-hybridized carbons (Fsp3) is 0.640. The van der Waals surface area contributed by atoms with E-state index in [4.69, 9.17) is 9.47 Å². The fourth-order valence-electron chi connectivity index (χ4n) is 3.27. The molecule has 0 atom stereocenters. The number of hydrogen-bond acceptors (Lipinski definition) is 5. The SMILES string of the molecule is CCCCCCCCC=CCCCCCCCCOC(=O)Oc1ccc([N+](=O)[O-])cc1. The molecular weight excluding hydrogens is 394 g/mol. The van der Waals surface area contributed by atoms with Crippen LogP contribution in [0.15, 0.2) is 36.4 Å². The van der Waals surface area contributed by atoms with Crippen LogP contribution in [-0.2, 0) is 4.74 Å². The zero-order valence-corrected chi connectivity index (χ0v) is 19.1. The summed E-state index contributed by atoms with van der Waals surface area (Å²) in [5.74, 6) is 0.233. The number of unbranched alkanes of at least 4 members (excludes halogenated alkanes) is 12. The summed E-state index contributed by atoms with van der Waals surface area (Å²) in [7, 11) is 0. The van der Waals surface area contributed by atoms with E-state index in [-0.39, 0.29) is 11.4 Å². The molecule has 0 aliphatic carbocycles. The van der Waals surface area contributed by atoms with Crippen molar-refractivity contribution in [2.45, 2.75) is 96.8 Å². The number of carbonyl (C=O) groups excluding carboxylic acids is 1. The first-order chi connectivity index (χ1) is 15.1. The molecule has 0 aromatic heterocycles. The third-order valence-electron chi connectivity index (χ3n) is 5.12. The van der Waals surface area contributed by atoms with Crippen molar-refractivity contribution in [3.63, 3.8) is 0 Å². The number of benzene rings is 1. The second-order valence-corrected chi connectivity index (χ2v) is 7.89. The highest BCUT2D eigenvalue weighted by molar-refractivity contribution is 5.63. The number of non-ortho nitro benzene ring substituents is 1. The summed E-state index contributed by atoms with van der Waals surface area (Å²) in [6.45, 7) is 2.58. The molecule has 0 N–H and O–H groups in total. The average molecular weight is 434 g/mol. The van der Waals surface area contributed by atoms with Crippen molar-refractivity contribution in [2.24, 2.45) is 0 Å². The quantitative estimate of drug-likeness (QED) is 0.0583. The maximum atomic E-state index is 11.6. The van der Waals surface area contributed by atoms with Gasteiger partial charge in [-0.2, -0.15) is 0 Å². The highest BCUT2D eigenvalue weighted by Crippen LogP contribution is 2.17. The third kappa shape index (κ3) is 15.1. The fourth-order valence-corrected chi connectivity index (χ4v) is 3.27. The lowest BCUT2D eigenvalue weighted by molar-refractivity contribution is -0.384. The van der Waals surface area contributed by atoms with Gasteiger partial charge in [0.2, 0.25) is 0 Å². The summed E-state index contributed by atoms with van der Waals surface area (Å²) in [6.07, 6.45) is 21.1. The molecule has 1 aromatic carbocycles. The van der Waals surface area contributed by atoms with E-state index in [2.05, 4.69) is 19.1 Å². The topological polar surface area (TPSA) is 78.7 Å². The van der Waals surface area contributed by atoms with Crippen molar-refractivity contribution >= 4 is 11.8 Å². The first kappa shape index (κ1) is 26.7. The largest absolute Gasteiger partial charge is 0.513 e. The van der Waals surface area contributed by atoms with Gasteiger partial charge in [0, 0.05) is 12.1 Å². The van der Waals surface area contributed by atoms with Crippen LogP contribution in [0.25, 0.3) is 0 Å². The van der Waals surface area contributed by atoms with Crippen LogP contribution in [0.3, 0.4) is 0 Å². The van der Waals surface area contributed by atoms with Crippen LogP contribution in [0, 0.1) is 10.1 Å². The third-order valence-corrected chi connectivity index (χ3v) is 5.12. The summed E-state index contributed by atoms with van der Waals surface area (Å²) in [5, 5.41) is 10.6. The van der Waals surface area contributed by atoms with Gasteiger partial charge in [-0.25, -0.2) is 4.79 Å². The molecule has 0 saturated carbocycles. The van der Waals surface area contributed by atoms with Gasteiger partial charge >= 0.3 is 6.16 Å². The predicted molar refractivity (Wildman–Crippen MR) is 125 cm³/mol. The molecule has 0 bridgehead atoms. The van der Waals surface area contributed by atoms with E-state index >= 15 is 0 Å². The number of rotatable bonds is 18. The number of hydrogen-bond donors (Lipinski definition) is 0. The van der Waals surface area contributed by atoms with Gasteiger partial charge in [0.05, 0.1) is 11.5 Å². The van der Waals surface area contributed by atoms with Crippen molar-refractivity contribution in [2.75, 3.05) is 6.61 Å². The first-order valence-corrected chi connectivity index (χ1v) is 11.9. The Balaban J connectivity index is 1.88. The molecule has 0 fully saturated rings. The van der Waals surface area contributed by atoms with E-state index in [1.165, 1.54) is 94.9 Å². The van der Waals surface area contributed by atoms with Crippen LogP contribution in [0.4, 0.5) is 10.5 Å². The summed E-state index contributed by atoms with van der Waals surface area (Å²) >= 11 is 0. The molecule has 6 nitrogen and oxygen atoms in total. The minimum atomic E-state index is -0.776. The number of ether oxygens (including phenoxy) is 2. The Labute approximate surface area is 187 Å². The molecule has 0 radical (unpaired) electrons. The molecule has 174 valence electrons. The number of nitrogens with zero attached hydrogens (tertiary/aromatic N) is 1. The molecule has 0 saturated heterocycles. The smallest absolute Gasteiger partial charge is 0.434 e. The normalized spacial score (nSPS) is 11.0. The Kier molecular flexibility index (Phi) is 15.8. The van der Waals surface area contributed by atoms with Gasteiger partial charge in [-0.05, 0) is 44.2 Å². The van der Waals surface area contributed by atoms with E-state index in [0.29, 0.717) is 6.61 Å². The number of nitro benzene ring substituents is 1. The summed E-state index contributed by atoms with van der Waals surface area (Å²) in [5.41, 5.74) is -0.0510. The monoisotopic (exact) mass is 433 g/mol. The lowest BCUT2D eigenvalue weighted by atomic mass is 10.1. The molecule has 0 unspecified atom stereocenters. The van der Waals surface area contributed by atoms with Gasteiger partial charge in [0.1, 0.15) is 5.75 Å². The Bertz CT molecular complexity index is 627. The minimum Gasteiger partial charge on any atom is -0.434 e. The van der Waals surface area contributed by atoms with Crippen LogP contribution < -0.4 is 4.74 Å². The van der Waals surface area contributed by atoms with E-state index < -0.39 is 11.1 Å². The van der Waals surface area contributed by atoms with Crippen LogP contribution in [-0.4, -0.2) is 17.7 Å². The summed E-state index contributed by atoms with van der Waals surface area (Å²) < 4.78 is 10.0. The Morgan fingerprint density at radius 1 is 0.839 bits per heavy atom. The van der Waals surface area contributed by atoms with Crippen LogP contribution in [0.2, 0.25) is 0 Å². The zero-order chi connectivity index (χ0) is 22.6. The molecule has 0 heterocycles. The standard InChI is InChI=1S/C25H39NO5/c1-2-3-4-5-6-7-8-9-10-11-12-13-14-15-16-17-22-30-25(27)31-24-20-18-23(19-21-24)26(28)29/h9-10,18-21H,2-8,11-17,22H2,1H3. The molecule has 0 aliphatic heterocycles. The highest BCUT2D eigenvalue weighted by Gasteiger charge is 2.08. The van der Waals surface area contributed by atoms with Gasteiger partial charge < -0.3 is 9.47 Å². The Morgan fingerprint density at radius 2 is 1.35 bits per heavy atom. The molecule has 1 aromatic rings. The molecule has 6 heteroatoms. The molecular formula is C25H39NO5. The van der Waals surface area contributed by atoms with Crippen LogP contribution in [0.1, 0.15) is 96.8 Å². The van der Waals surface area contributed by atoms with Crippen molar-refractivity contribution in [1.82, 2.24) is 0 Å². The maximum Gasteiger partial charge on any atom is 0.513 e.